The molecular weight excluding hydrogens is 457 g/mol. The molecule has 0 saturated heterocycles. The summed E-state index contributed by atoms with van der Waals surface area (Å²) < 4.78 is 6.15. The van der Waals surface area contributed by atoms with E-state index < -0.39 is 16.1 Å². The Morgan fingerprint density at radius 2 is 0.914 bits per heavy atom. The van der Waals surface area contributed by atoms with Crippen LogP contribution in [0.2, 0.25) is 39.3 Å². The van der Waals surface area contributed by atoms with Gasteiger partial charge in [-0.15, -0.1) is 11.1 Å². The molecule has 0 N–H and O–H groups in total. The van der Waals surface area contributed by atoms with E-state index in [0.717, 1.165) is 29.9 Å². The third kappa shape index (κ3) is 19.4. The molecule has 0 fully saturated rings. The van der Waals surface area contributed by atoms with E-state index in [1.54, 1.807) is 0 Å². The third-order valence-corrected chi connectivity index (χ3v) is 7.59. The molecule has 0 aliphatic heterocycles. The van der Waals surface area contributed by atoms with E-state index in [2.05, 4.69) is 87.3 Å². The minimum atomic E-state index is -1.42. The molecular formula is C32H54OSi2. The van der Waals surface area contributed by atoms with Crippen molar-refractivity contribution in [3.63, 3.8) is 0 Å². The first-order valence-corrected chi connectivity index (χ1v) is 21.4. The fraction of sp³-hybridized carbons (Fsp3) is 0.688. The number of benzene rings is 1. The number of hydrogen-bond acceptors (Lipinski definition) is 1. The lowest BCUT2D eigenvalue weighted by atomic mass is 10.0. The van der Waals surface area contributed by atoms with E-state index in [0.29, 0.717) is 0 Å². The van der Waals surface area contributed by atoms with Gasteiger partial charge in [-0.3, -0.25) is 0 Å². The SMILES string of the molecule is CCCCCCCCCCCCCCCCOc1cc(C#C[Si](C)(C)C)cc(C#C[Si](C)(C)C)c1. The van der Waals surface area contributed by atoms with Gasteiger partial charge in [0.1, 0.15) is 21.9 Å². The number of hydrogen-bond donors (Lipinski definition) is 0. The highest BCUT2D eigenvalue weighted by molar-refractivity contribution is 6.84. The van der Waals surface area contributed by atoms with Crippen molar-refractivity contribution in [2.24, 2.45) is 0 Å². The summed E-state index contributed by atoms with van der Waals surface area (Å²) in [5.74, 6) is 7.70. The molecule has 0 aromatic heterocycles. The Labute approximate surface area is 221 Å². The van der Waals surface area contributed by atoms with Crippen molar-refractivity contribution >= 4 is 16.1 Å². The zero-order chi connectivity index (χ0) is 26.0. The van der Waals surface area contributed by atoms with Crippen LogP contribution in [0, 0.1) is 22.9 Å². The average molecular weight is 511 g/mol. The van der Waals surface area contributed by atoms with E-state index in [1.807, 2.05) is 0 Å². The van der Waals surface area contributed by atoms with Crippen molar-refractivity contribution < 1.29 is 4.74 Å². The van der Waals surface area contributed by atoms with Gasteiger partial charge in [0.15, 0.2) is 0 Å². The Hall–Kier alpha value is -1.43. The molecule has 0 aliphatic rings. The zero-order valence-electron chi connectivity index (χ0n) is 24.2. The maximum Gasteiger partial charge on any atom is 0.129 e. The van der Waals surface area contributed by atoms with Crippen LogP contribution in [0.25, 0.3) is 0 Å². The summed E-state index contributed by atoms with van der Waals surface area (Å²) in [6.07, 6.45) is 19.3. The van der Waals surface area contributed by atoms with Gasteiger partial charge in [0, 0.05) is 11.1 Å². The van der Waals surface area contributed by atoms with Gasteiger partial charge in [-0.25, -0.2) is 0 Å². The van der Waals surface area contributed by atoms with Crippen molar-refractivity contribution in [1.29, 1.82) is 0 Å². The summed E-state index contributed by atoms with van der Waals surface area (Å²) in [4.78, 5) is 0. The van der Waals surface area contributed by atoms with Crippen LogP contribution in [-0.2, 0) is 0 Å². The molecule has 3 heteroatoms. The lowest BCUT2D eigenvalue weighted by molar-refractivity contribution is 0.304. The first kappa shape index (κ1) is 31.6. The molecule has 1 rings (SSSR count). The fourth-order valence-corrected chi connectivity index (χ4v) is 4.87. The van der Waals surface area contributed by atoms with Gasteiger partial charge in [0.25, 0.3) is 0 Å². The highest BCUT2D eigenvalue weighted by atomic mass is 28.3. The first-order valence-electron chi connectivity index (χ1n) is 14.4. The first-order chi connectivity index (χ1) is 16.6. The van der Waals surface area contributed by atoms with Crippen molar-refractivity contribution in [3.8, 4) is 28.7 Å². The van der Waals surface area contributed by atoms with E-state index in [4.69, 9.17) is 4.74 Å². The van der Waals surface area contributed by atoms with Crippen molar-refractivity contribution in [3.05, 3.63) is 29.3 Å². The largest absolute Gasteiger partial charge is 0.494 e. The van der Waals surface area contributed by atoms with E-state index in [1.165, 1.54) is 83.5 Å². The van der Waals surface area contributed by atoms with Crippen molar-refractivity contribution in [2.75, 3.05) is 6.61 Å². The lowest BCUT2D eigenvalue weighted by Gasteiger charge is -2.09. The second kappa shape index (κ2) is 17.9. The Kier molecular flexibility index (Phi) is 16.2. The van der Waals surface area contributed by atoms with Crippen LogP contribution in [0.4, 0.5) is 0 Å². The normalized spacial score (nSPS) is 11.4. The van der Waals surface area contributed by atoms with Crippen LogP contribution in [-0.4, -0.2) is 22.8 Å². The molecule has 0 heterocycles. The summed E-state index contributed by atoms with van der Waals surface area (Å²) in [6, 6.07) is 6.31. The number of ether oxygens (including phenoxy) is 1. The topological polar surface area (TPSA) is 9.23 Å². The summed E-state index contributed by atoms with van der Waals surface area (Å²) in [6.45, 7) is 16.7. The Morgan fingerprint density at radius 3 is 1.29 bits per heavy atom. The van der Waals surface area contributed by atoms with Crippen LogP contribution in [0.15, 0.2) is 18.2 Å². The average Bonchev–Trinajstić information content (AvgIpc) is 2.78. The van der Waals surface area contributed by atoms with Crippen molar-refractivity contribution in [2.45, 2.75) is 136 Å². The van der Waals surface area contributed by atoms with Gasteiger partial charge in [-0.2, -0.15) is 0 Å². The summed E-state index contributed by atoms with van der Waals surface area (Å²) in [5.41, 5.74) is 9.03. The summed E-state index contributed by atoms with van der Waals surface area (Å²) in [7, 11) is -2.84. The predicted molar refractivity (Wildman–Crippen MR) is 163 cm³/mol. The Bertz CT molecular complexity index is 771. The summed E-state index contributed by atoms with van der Waals surface area (Å²) in [5, 5.41) is 0. The standard InChI is InChI=1S/C32H54OSi2/c1-8-9-10-11-12-13-14-15-16-17-18-19-20-21-24-33-32-28-30(22-25-34(2,3)4)27-31(29-32)23-26-35(5,6)7/h27-29H,8-21,24H2,1-7H3. The van der Waals surface area contributed by atoms with Gasteiger partial charge < -0.3 is 4.74 Å². The minimum absolute atomic E-state index is 0.782. The van der Waals surface area contributed by atoms with Crippen LogP contribution in [0.1, 0.15) is 108 Å². The molecule has 0 spiro atoms. The van der Waals surface area contributed by atoms with Gasteiger partial charge >= 0.3 is 0 Å². The molecule has 0 bridgehead atoms. The monoisotopic (exact) mass is 510 g/mol. The zero-order valence-corrected chi connectivity index (χ0v) is 26.2. The number of rotatable bonds is 16. The fourth-order valence-electron chi connectivity index (χ4n) is 3.83. The number of unbranched alkanes of at least 4 members (excludes halogenated alkanes) is 13. The molecule has 35 heavy (non-hydrogen) atoms. The molecule has 0 radical (unpaired) electrons. The van der Waals surface area contributed by atoms with Crippen LogP contribution in [0.5, 0.6) is 5.75 Å². The van der Waals surface area contributed by atoms with Crippen molar-refractivity contribution in [1.82, 2.24) is 0 Å². The molecule has 196 valence electrons. The Balaban J connectivity index is 2.34. The van der Waals surface area contributed by atoms with E-state index in [9.17, 15) is 0 Å². The van der Waals surface area contributed by atoms with Crippen LogP contribution < -0.4 is 4.74 Å². The molecule has 0 saturated carbocycles. The maximum atomic E-state index is 6.15. The maximum absolute atomic E-state index is 6.15. The quantitative estimate of drug-likeness (QED) is 0.122. The highest BCUT2D eigenvalue weighted by Gasteiger charge is 2.09. The van der Waals surface area contributed by atoms with Gasteiger partial charge in [-0.05, 0) is 24.6 Å². The molecule has 0 amide bonds. The minimum Gasteiger partial charge on any atom is -0.494 e. The second-order valence-electron chi connectivity index (χ2n) is 12.2. The predicted octanol–water partition coefficient (Wildman–Crippen LogP) is 10.0. The van der Waals surface area contributed by atoms with Crippen LogP contribution >= 0.6 is 0 Å². The molecule has 0 aliphatic carbocycles. The molecule has 0 atom stereocenters. The Morgan fingerprint density at radius 1 is 0.543 bits per heavy atom. The summed E-state index contributed by atoms with van der Waals surface area (Å²) >= 11 is 0. The van der Waals surface area contributed by atoms with E-state index >= 15 is 0 Å². The molecule has 1 nitrogen and oxygen atoms in total. The second-order valence-corrected chi connectivity index (χ2v) is 21.7. The van der Waals surface area contributed by atoms with Gasteiger partial charge in [0.2, 0.25) is 0 Å². The van der Waals surface area contributed by atoms with Gasteiger partial charge in [0.05, 0.1) is 6.61 Å². The molecule has 1 aromatic rings. The third-order valence-electron chi connectivity index (χ3n) is 5.84. The highest BCUT2D eigenvalue weighted by Crippen LogP contribution is 2.18. The molecule has 0 unspecified atom stereocenters. The smallest absolute Gasteiger partial charge is 0.129 e. The van der Waals surface area contributed by atoms with Crippen LogP contribution in [0.3, 0.4) is 0 Å². The van der Waals surface area contributed by atoms with E-state index in [-0.39, 0.29) is 0 Å². The lowest BCUT2D eigenvalue weighted by Crippen LogP contribution is -2.16. The molecule has 1 aromatic carbocycles. The van der Waals surface area contributed by atoms with Gasteiger partial charge in [-0.1, -0.05) is 142 Å².